The number of carboxylic acids is 1. The molecule has 0 bridgehead atoms. The van der Waals surface area contributed by atoms with Crippen LogP contribution >= 0.6 is 0 Å². The third-order valence-corrected chi connectivity index (χ3v) is 3.44. The molecule has 1 rings (SSSR count). The van der Waals surface area contributed by atoms with Crippen LogP contribution in [0.2, 0.25) is 0 Å². The molecular formula is C8H11F2N3O4S. The average molecular weight is 283 g/mol. The number of carboxylic acid groups (broad SMARTS) is 1. The molecule has 0 saturated carbocycles. The summed E-state index contributed by atoms with van der Waals surface area (Å²) in [5.74, 6) is -1.35. The van der Waals surface area contributed by atoms with Gasteiger partial charge in [-0.1, -0.05) is 0 Å². The molecule has 0 unspecified atom stereocenters. The van der Waals surface area contributed by atoms with Crippen LogP contribution in [0.25, 0.3) is 0 Å². The number of nitrogens with zero attached hydrogens (tertiary/aromatic N) is 2. The van der Waals surface area contributed by atoms with Crippen LogP contribution in [0.4, 0.5) is 8.78 Å². The van der Waals surface area contributed by atoms with Crippen LogP contribution in [0.5, 0.6) is 0 Å². The Labute approximate surface area is 101 Å². The first-order valence-electron chi connectivity index (χ1n) is 4.78. The molecule has 1 heterocycles. The van der Waals surface area contributed by atoms with E-state index in [0.717, 1.165) is 24.0 Å². The lowest BCUT2D eigenvalue weighted by Crippen LogP contribution is -2.38. The summed E-state index contributed by atoms with van der Waals surface area (Å²) in [6, 6.07) is -1.33. The zero-order valence-corrected chi connectivity index (χ0v) is 10.1. The smallest absolute Gasteiger partial charge is 0.321 e. The summed E-state index contributed by atoms with van der Waals surface area (Å²) in [5.41, 5.74) is 0. The van der Waals surface area contributed by atoms with E-state index in [2.05, 4.69) is 5.10 Å². The number of aliphatic carboxylic acids is 1. The van der Waals surface area contributed by atoms with Crippen molar-refractivity contribution in [1.29, 1.82) is 0 Å². The maximum atomic E-state index is 12.0. The Morgan fingerprint density at radius 1 is 1.61 bits per heavy atom. The average Bonchev–Trinajstić information content (AvgIpc) is 2.64. The van der Waals surface area contributed by atoms with E-state index in [1.54, 1.807) is 0 Å². The molecule has 0 fully saturated rings. The fourth-order valence-corrected chi connectivity index (χ4v) is 2.22. The number of sulfonamides is 1. The van der Waals surface area contributed by atoms with Crippen molar-refractivity contribution in [3.63, 3.8) is 0 Å². The predicted molar refractivity (Wildman–Crippen MR) is 55.7 cm³/mol. The zero-order valence-electron chi connectivity index (χ0n) is 9.25. The highest BCUT2D eigenvalue weighted by Crippen LogP contribution is 2.09. The van der Waals surface area contributed by atoms with E-state index >= 15 is 0 Å². The van der Waals surface area contributed by atoms with Crippen molar-refractivity contribution in [3.8, 4) is 0 Å². The second kappa shape index (κ2) is 5.40. The van der Waals surface area contributed by atoms with Gasteiger partial charge in [0, 0.05) is 6.20 Å². The Morgan fingerprint density at radius 3 is 2.72 bits per heavy atom. The molecule has 0 amide bonds. The number of carbonyl (C=O) groups is 1. The highest BCUT2D eigenvalue weighted by molar-refractivity contribution is 7.89. The van der Waals surface area contributed by atoms with Gasteiger partial charge in [0.05, 0.1) is 6.20 Å². The second-order valence-corrected chi connectivity index (χ2v) is 5.18. The predicted octanol–water partition coefficient (Wildman–Crippen LogP) is -0.100. The van der Waals surface area contributed by atoms with Crippen molar-refractivity contribution < 1.29 is 27.1 Å². The Balaban J connectivity index is 2.85. The summed E-state index contributed by atoms with van der Waals surface area (Å²) in [6.45, 7) is 0.410. The van der Waals surface area contributed by atoms with Crippen LogP contribution in [-0.2, 0) is 21.4 Å². The topological polar surface area (TPSA) is 101 Å². The van der Waals surface area contributed by atoms with Crippen LogP contribution < -0.4 is 4.72 Å². The standard InChI is InChI=1S/C8H11F2N3O4S/c1-5(8(14)15)12-18(16,17)6-2-11-13(3-6)4-7(9)10/h2-3,5,7,12H,4H2,1H3,(H,14,15)/t5-/m1/s1. The summed E-state index contributed by atoms with van der Waals surface area (Å²) in [7, 11) is -4.08. The van der Waals surface area contributed by atoms with Gasteiger partial charge in [0.2, 0.25) is 10.0 Å². The lowest BCUT2D eigenvalue weighted by molar-refractivity contribution is -0.138. The van der Waals surface area contributed by atoms with E-state index in [1.807, 2.05) is 4.72 Å². The molecule has 1 aromatic heterocycles. The number of hydrogen-bond acceptors (Lipinski definition) is 4. The molecule has 0 aliphatic rings. The van der Waals surface area contributed by atoms with E-state index in [4.69, 9.17) is 5.11 Å². The first kappa shape index (κ1) is 14.5. The van der Waals surface area contributed by atoms with Gasteiger partial charge in [0.25, 0.3) is 6.43 Å². The monoisotopic (exact) mass is 283 g/mol. The number of hydrogen-bond donors (Lipinski definition) is 2. The summed E-state index contributed by atoms with van der Waals surface area (Å²) in [4.78, 5) is 10.1. The summed E-state index contributed by atoms with van der Waals surface area (Å²) in [5, 5.41) is 12.0. The van der Waals surface area contributed by atoms with Gasteiger partial charge in [-0.05, 0) is 6.92 Å². The van der Waals surface area contributed by atoms with Crippen LogP contribution in [-0.4, -0.2) is 41.7 Å². The lowest BCUT2D eigenvalue weighted by atomic mass is 10.4. The maximum Gasteiger partial charge on any atom is 0.321 e. The lowest BCUT2D eigenvalue weighted by Gasteiger charge is -2.08. The number of alkyl halides is 2. The van der Waals surface area contributed by atoms with Crippen molar-refractivity contribution in [2.75, 3.05) is 0 Å². The molecule has 0 aromatic carbocycles. The fourth-order valence-electron chi connectivity index (χ4n) is 1.08. The van der Waals surface area contributed by atoms with Gasteiger partial charge in [-0.15, -0.1) is 0 Å². The van der Waals surface area contributed by atoms with Crippen molar-refractivity contribution >= 4 is 16.0 Å². The van der Waals surface area contributed by atoms with Gasteiger partial charge >= 0.3 is 5.97 Å². The SMILES string of the molecule is C[C@@H](NS(=O)(=O)c1cnn(CC(F)F)c1)C(=O)O. The quantitative estimate of drug-likeness (QED) is 0.759. The molecule has 1 aromatic rings. The van der Waals surface area contributed by atoms with Gasteiger partial charge in [-0.25, -0.2) is 17.2 Å². The maximum absolute atomic E-state index is 12.0. The van der Waals surface area contributed by atoms with E-state index in [9.17, 15) is 22.0 Å². The molecule has 0 spiro atoms. The molecule has 102 valence electrons. The molecular weight excluding hydrogens is 272 g/mol. The Bertz CT molecular complexity index is 528. The zero-order chi connectivity index (χ0) is 13.9. The summed E-state index contributed by atoms with van der Waals surface area (Å²) >= 11 is 0. The Kier molecular flexibility index (Phi) is 4.35. The van der Waals surface area contributed by atoms with Crippen LogP contribution in [0, 0.1) is 0 Å². The Hall–Kier alpha value is -1.55. The van der Waals surface area contributed by atoms with Crippen molar-refractivity contribution in [2.45, 2.75) is 30.8 Å². The Morgan fingerprint density at radius 2 is 2.22 bits per heavy atom. The first-order chi connectivity index (χ1) is 8.22. The molecule has 2 N–H and O–H groups in total. The van der Waals surface area contributed by atoms with Gasteiger partial charge in [-0.2, -0.15) is 9.82 Å². The molecule has 0 aliphatic heterocycles. The van der Waals surface area contributed by atoms with Crippen molar-refractivity contribution in [1.82, 2.24) is 14.5 Å². The third-order valence-electron chi connectivity index (χ3n) is 1.95. The highest BCUT2D eigenvalue weighted by Gasteiger charge is 2.23. The fraction of sp³-hybridized carbons (Fsp3) is 0.500. The van der Waals surface area contributed by atoms with E-state index in [1.165, 1.54) is 0 Å². The number of rotatable bonds is 6. The van der Waals surface area contributed by atoms with Gasteiger partial charge in [0.15, 0.2) is 0 Å². The van der Waals surface area contributed by atoms with Crippen molar-refractivity contribution in [3.05, 3.63) is 12.4 Å². The van der Waals surface area contributed by atoms with Crippen LogP contribution in [0.15, 0.2) is 17.3 Å². The second-order valence-electron chi connectivity index (χ2n) is 3.47. The minimum absolute atomic E-state index is 0.365. The van der Waals surface area contributed by atoms with Gasteiger partial charge < -0.3 is 5.11 Å². The van der Waals surface area contributed by atoms with Crippen LogP contribution in [0.3, 0.4) is 0 Å². The number of halogens is 2. The molecule has 0 radical (unpaired) electrons. The van der Waals surface area contributed by atoms with Crippen molar-refractivity contribution in [2.24, 2.45) is 0 Å². The largest absolute Gasteiger partial charge is 0.480 e. The van der Waals surface area contributed by atoms with Gasteiger partial charge in [-0.3, -0.25) is 9.48 Å². The third kappa shape index (κ3) is 3.74. The van der Waals surface area contributed by atoms with Crippen LogP contribution in [0.1, 0.15) is 6.92 Å². The molecule has 10 heteroatoms. The summed E-state index contributed by atoms with van der Waals surface area (Å²) in [6.07, 6.45) is -0.881. The van der Waals surface area contributed by atoms with E-state index < -0.39 is 35.0 Å². The molecule has 0 saturated heterocycles. The van der Waals surface area contributed by atoms with E-state index in [-0.39, 0.29) is 4.90 Å². The number of nitrogens with one attached hydrogen (secondary N) is 1. The first-order valence-corrected chi connectivity index (χ1v) is 6.26. The molecule has 1 atom stereocenters. The highest BCUT2D eigenvalue weighted by atomic mass is 32.2. The molecule has 18 heavy (non-hydrogen) atoms. The number of aromatic nitrogens is 2. The van der Waals surface area contributed by atoms with Gasteiger partial charge in [0.1, 0.15) is 17.5 Å². The van der Waals surface area contributed by atoms with E-state index in [0.29, 0.717) is 0 Å². The normalized spacial score (nSPS) is 13.8. The summed E-state index contributed by atoms with van der Waals surface area (Å²) < 4.78 is 50.0. The molecule has 7 nitrogen and oxygen atoms in total. The minimum Gasteiger partial charge on any atom is -0.480 e. The molecule has 0 aliphatic carbocycles. The minimum atomic E-state index is -4.08.